The minimum Gasteiger partial charge on any atom is -0.439 e. The van der Waals surface area contributed by atoms with Crippen molar-refractivity contribution in [3.05, 3.63) is 54.4 Å². The fraction of sp³-hybridized carbons (Fsp3) is 0.0625. The van der Waals surface area contributed by atoms with E-state index < -0.39 is 0 Å². The zero-order valence-electron chi connectivity index (χ0n) is 12.4. The Morgan fingerprint density at radius 2 is 2.17 bits per heavy atom. The number of nitrogens with two attached hydrogens (primary N) is 1. The summed E-state index contributed by atoms with van der Waals surface area (Å²) in [4.78, 5) is 22.8. The van der Waals surface area contributed by atoms with Gasteiger partial charge in [0.05, 0.1) is 0 Å². The number of carbonyl (C=O) groups excluding carboxylic acids is 1. The molecule has 2 heterocycles. The monoisotopic (exact) mass is 309 g/mol. The van der Waals surface area contributed by atoms with Crippen LogP contribution in [-0.2, 0) is 0 Å². The Balaban J connectivity index is 1.84. The Kier molecular flexibility index (Phi) is 3.92. The SMILES string of the molecule is CN=C(N)NC(=O)c1cc2ccc(Oc3ccccn3)cc2[nH]1. The van der Waals surface area contributed by atoms with Gasteiger partial charge in [-0.05, 0) is 24.3 Å². The molecule has 0 fully saturated rings. The first kappa shape index (κ1) is 14.6. The van der Waals surface area contributed by atoms with Crippen molar-refractivity contribution in [3.8, 4) is 11.6 Å². The molecule has 0 aliphatic rings. The molecule has 0 unspecified atom stereocenters. The van der Waals surface area contributed by atoms with Crippen molar-refractivity contribution in [2.24, 2.45) is 10.7 Å². The fourth-order valence-corrected chi connectivity index (χ4v) is 2.06. The summed E-state index contributed by atoms with van der Waals surface area (Å²) < 4.78 is 5.67. The molecule has 1 aromatic carbocycles. The van der Waals surface area contributed by atoms with Crippen LogP contribution in [0.2, 0.25) is 0 Å². The van der Waals surface area contributed by atoms with E-state index in [1.165, 1.54) is 7.05 Å². The lowest BCUT2D eigenvalue weighted by Gasteiger charge is -2.03. The number of hydrogen-bond acceptors (Lipinski definition) is 4. The third kappa shape index (κ3) is 3.29. The van der Waals surface area contributed by atoms with Crippen LogP contribution in [0.25, 0.3) is 10.9 Å². The van der Waals surface area contributed by atoms with Gasteiger partial charge in [0.15, 0.2) is 5.96 Å². The fourth-order valence-electron chi connectivity index (χ4n) is 2.06. The van der Waals surface area contributed by atoms with E-state index in [1.807, 2.05) is 24.3 Å². The number of H-pyrrole nitrogens is 1. The molecule has 116 valence electrons. The minimum atomic E-state index is -0.350. The molecule has 1 amide bonds. The Morgan fingerprint density at radius 3 is 2.91 bits per heavy atom. The molecule has 7 nitrogen and oxygen atoms in total. The molecule has 4 N–H and O–H groups in total. The minimum absolute atomic E-state index is 0.0628. The molecule has 0 aliphatic heterocycles. The van der Waals surface area contributed by atoms with Crippen LogP contribution in [0.3, 0.4) is 0 Å². The number of benzene rings is 1. The van der Waals surface area contributed by atoms with Gasteiger partial charge >= 0.3 is 0 Å². The number of aromatic nitrogens is 2. The number of guanidine groups is 1. The van der Waals surface area contributed by atoms with E-state index in [4.69, 9.17) is 10.5 Å². The number of hydrogen-bond donors (Lipinski definition) is 3. The van der Waals surface area contributed by atoms with E-state index in [-0.39, 0.29) is 11.9 Å². The van der Waals surface area contributed by atoms with Crippen molar-refractivity contribution >= 4 is 22.8 Å². The van der Waals surface area contributed by atoms with Gasteiger partial charge in [-0.25, -0.2) is 4.98 Å². The second-order valence-electron chi connectivity index (χ2n) is 4.77. The summed E-state index contributed by atoms with van der Waals surface area (Å²) in [6.45, 7) is 0. The summed E-state index contributed by atoms with van der Waals surface area (Å²) in [5, 5.41) is 3.36. The van der Waals surface area contributed by atoms with Gasteiger partial charge in [-0.2, -0.15) is 0 Å². The highest BCUT2D eigenvalue weighted by Crippen LogP contribution is 2.24. The average molecular weight is 309 g/mol. The number of pyridine rings is 1. The van der Waals surface area contributed by atoms with E-state index >= 15 is 0 Å². The summed E-state index contributed by atoms with van der Waals surface area (Å²) in [5.74, 6) is 0.840. The van der Waals surface area contributed by atoms with Gasteiger partial charge in [0, 0.05) is 36.3 Å². The number of aliphatic imine (C=N–C) groups is 1. The van der Waals surface area contributed by atoms with Crippen LogP contribution in [0.5, 0.6) is 11.6 Å². The lowest BCUT2D eigenvalue weighted by atomic mass is 10.2. The van der Waals surface area contributed by atoms with E-state index in [1.54, 1.807) is 24.4 Å². The number of amides is 1. The number of nitrogens with zero attached hydrogens (tertiary/aromatic N) is 2. The summed E-state index contributed by atoms with van der Waals surface area (Å²) in [6, 6.07) is 12.6. The number of ether oxygens (including phenoxy) is 1. The number of nitrogens with one attached hydrogen (secondary N) is 2. The quantitative estimate of drug-likeness (QED) is 0.508. The number of fused-ring (bicyclic) bond motifs is 1. The molecule has 0 saturated heterocycles. The summed E-state index contributed by atoms with van der Waals surface area (Å²) in [7, 11) is 1.50. The molecular weight excluding hydrogens is 294 g/mol. The zero-order valence-corrected chi connectivity index (χ0v) is 12.4. The molecule has 3 rings (SSSR count). The Labute approximate surface area is 132 Å². The second-order valence-corrected chi connectivity index (χ2v) is 4.77. The topological polar surface area (TPSA) is 105 Å². The largest absolute Gasteiger partial charge is 0.439 e. The first-order chi connectivity index (χ1) is 11.2. The normalized spacial score (nSPS) is 11.4. The van der Waals surface area contributed by atoms with Crippen molar-refractivity contribution in [3.63, 3.8) is 0 Å². The predicted octanol–water partition coefficient (Wildman–Crippen LogP) is 2.03. The zero-order chi connectivity index (χ0) is 16.2. The molecule has 0 atom stereocenters. The summed E-state index contributed by atoms with van der Waals surface area (Å²) in [6.07, 6.45) is 1.66. The van der Waals surface area contributed by atoms with Crippen LogP contribution in [0.15, 0.2) is 53.7 Å². The van der Waals surface area contributed by atoms with Crippen molar-refractivity contribution in [1.29, 1.82) is 0 Å². The lowest BCUT2D eigenvalue weighted by molar-refractivity contribution is 0.0972. The van der Waals surface area contributed by atoms with Gasteiger partial charge in [-0.1, -0.05) is 6.07 Å². The van der Waals surface area contributed by atoms with Crippen molar-refractivity contribution in [2.45, 2.75) is 0 Å². The third-order valence-electron chi connectivity index (χ3n) is 3.18. The first-order valence-electron chi connectivity index (χ1n) is 6.91. The van der Waals surface area contributed by atoms with Gasteiger partial charge in [0.1, 0.15) is 11.4 Å². The van der Waals surface area contributed by atoms with E-state index in [9.17, 15) is 4.79 Å². The highest BCUT2D eigenvalue weighted by molar-refractivity contribution is 6.06. The van der Waals surface area contributed by atoms with E-state index in [2.05, 4.69) is 20.3 Å². The van der Waals surface area contributed by atoms with Crippen molar-refractivity contribution in [1.82, 2.24) is 15.3 Å². The average Bonchev–Trinajstić information content (AvgIpc) is 2.99. The van der Waals surface area contributed by atoms with Crippen LogP contribution in [-0.4, -0.2) is 28.9 Å². The van der Waals surface area contributed by atoms with Crippen LogP contribution >= 0.6 is 0 Å². The molecule has 0 spiro atoms. The number of aromatic amines is 1. The maximum Gasteiger partial charge on any atom is 0.274 e. The number of rotatable bonds is 3. The molecule has 0 bridgehead atoms. The molecule has 3 aromatic rings. The van der Waals surface area contributed by atoms with Crippen LogP contribution in [0.1, 0.15) is 10.5 Å². The Bertz CT molecular complexity index is 871. The third-order valence-corrected chi connectivity index (χ3v) is 3.18. The van der Waals surface area contributed by atoms with E-state index in [0.717, 1.165) is 10.9 Å². The lowest BCUT2D eigenvalue weighted by Crippen LogP contribution is -2.36. The molecule has 0 aliphatic carbocycles. The predicted molar refractivity (Wildman–Crippen MR) is 87.6 cm³/mol. The molecule has 7 heteroatoms. The molecule has 23 heavy (non-hydrogen) atoms. The molecule has 0 saturated carbocycles. The summed E-state index contributed by atoms with van der Waals surface area (Å²) in [5.41, 5.74) is 6.66. The molecule has 0 radical (unpaired) electrons. The maximum atomic E-state index is 12.0. The van der Waals surface area contributed by atoms with Crippen molar-refractivity contribution in [2.75, 3.05) is 7.05 Å². The Morgan fingerprint density at radius 1 is 1.30 bits per heavy atom. The van der Waals surface area contributed by atoms with Gasteiger partial charge < -0.3 is 15.5 Å². The van der Waals surface area contributed by atoms with Gasteiger partial charge in [0.25, 0.3) is 5.91 Å². The molecule has 2 aromatic heterocycles. The second kappa shape index (κ2) is 6.18. The van der Waals surface area contributed by atoms with Crippen molar-refractivity contribution < 1.29 is 9.53 Å². The summed E-state index contributed by atoms with van der Waals surface area (Å²) >= 11 is 0. The smallest absolute Gasteiger partial charge is 0.274 e. The van der Waals surface area contributed by atoms with Crippen LogP contribution in [0.4, 0.5) is 0 Å². The molecular formula is C16H15N5O2. The number of carbonyl (C=O) groups is 1. The highest BCUT2D eigenvalue weighted by Gasteiger charge is 2.11. The van der Waals surface area contributed by atoms with Gasteiger partial charge in [-0.3, -0.25) is 15.1 Å². The van der Waals surface area contributed by atoms with Crippen LogP contribution in [0, 0.1) is 0 Å². The highest BCUT2D eigenvalue weighted by atomic mass is 16.5. The standard InChI is InChI=1S/C16H15N5O2/c1-18-16(17)21-15(22)13-8-10-5-6-11(9-12(10)20-13)23-14-4-2-3-7-19-14/h2-9,20H,1H3,(H3,17,18,21,22). The van der Waals surface area contributed by atoms with Crippen LogP contribution < -0.4 is 15.8 Å². The van der Waals surface area contributed by atoms with E-state index in [0.29, 0.717) is 17.3 Å². The van der Waals surface area contributed by atoms with Gasteiger partial charge in [-0.15, -0.1) is 0 Å². The van der Waals surface area contributed by atoms with Gasteiger partial charge in [0.2, 0.25) is 5.88 Å². The Hall–Kier alpha value is -3.35. The first-order valence-corrected chi connectivity index (χ1v) is 6.91. The maximum absolute atomic E-state index is 12.0.